The monoisotopic (exact) mass is 488 g/mol. The Bertz CT molecular complexity index is 1180. The smallest absolute Gasteiger partial charge is 0.287 e. The molecule has 0 saturated carbocycles. The summed E-state index contributed by atoms with van der Waals surface area (Å²) in [5, 5.41) is 2.94. The first-order valence-corrected chi connectivity index (χ1v) is 13.1. The third-order valence-electron chi connectivity index (χ3n) is 7.54. The summed E-state index contributed by atoms with van der Waals surface area (Å²) in [7, 11) is 2.19. The molecule has 0 unspecified atom stereocenters. The van der Waals surface area contributed by atoms with Gasteiger partial charge in [0.2, 0.25) is 5.91 Å². The lowest BCUT2D eigenvalue weighted by Crippen LogP contribution is -2.54. The van der Waals surface area contributed by atoms with Gasteiger partial charge < -0.3 is 19.7 Å². The summed E-state index contributed by atoms with van der Waals surface area (Å²) in [6.45, 7) is 6.60. The number of imidazole rings is 1. The van der Waals surface area contributed by atoms with E-state index in [1.54, 1.807) is 0 Å². The molecule has 3 aromatic rings. The van der Waals surface area contributed by atoms with E-state index in [0.29, 0.717) is 31.4 Å². The molecule has 2 fully saturated rings. The molecule has 0 bridgehead atoms. The zero-order chi connectivity index (χ0) is 24.9. The number of aromatic nitrogens is 2. The average Bonchev–Trinajstić information content (AvgIpc) is 3.28. The van der Waals surface area contributed by atoms with Gasteiger partial charge in [0, 0.05) is 51.7 Å². The summed E-state index contributed by atoms with van der Waals surface area (Å²) < 4.78 is 1.95. The topological polar surface area (TPSA) is 73.7 Å². The van der Waals surface area contributed by atoms with Crippen LogP contribution in [-0.4, -0.2) is 95.0 Å². The number of fused-ring (bicyclic) bond motifs is 1. The molecule has 2 aromatic carbocycles. The van der Waals surface area contributed by atoms with Crippen molar-refractivity contribution >= 4 is 22.8 Å². The maximum atomic E-state index is 13.1. The van der Waals surface area contributed by atoms with Gasteiger partial charge in [0.15, 0.2) is 5.82 Å². The molecule has 2 saturated heterocycles. The van der Waals surface area contributed by atoms with Crippen molar-refractivity contribution in [1.82, 2.24) is 29.6 Å². The lowest BCUT2D eigenvalue weighted by molar-refractivity contribution is -0.133. The third-order valence-corrected chi connectivity index (χ3v) is 7.54. The molecule has 1 aromatic heterocycles. The summed E-state index contributed by atoms with van der Waals surface area (Å²) in [5.74, 6) is 0.234. The molecule has 0 atom stereocenters. The van der Waals surface area contributed by atoms with Crippen LogP contribution in [-0.2, 0) is 11.3 Å². The van der Waals surface area contributed by atoms with Crippen LogP contribution in [0.15, 0.2) is 54.6 Å². The fourth-order valence-corrected chi connectivity index (χ4v) is 5.39. The van der Waals surface area contributed by atoms with Crippen LogP contribution in [0.4, 0.5) is 0 Å². The highest BCUT2D eigenvalue weighted by Crippen LogP contribution is 2.19. The van der Waals surface area contributed by atoms with Crippen molar-refractivity contribution in [2.24, 2.45) is 0 Å². The lowest BCUT2D eigenvalue weighted by atomic mass is 10.0. The molecule has 2 aliphatic rings. The fraction of sp³-hybridized carbons (Fsp3) is 0.464. The number of para-hydroxylation sites is 2. The summed E-state index contributed by atoms with van der Waals surface area (Å²) >= 11 is 0. The van der Waals surface area contributed by atoms with Gasteiger partial charge in [0.25, 0.3) is 5.91 Å². The summed E-state index contributed by atoms with van der Waals surface area (Å²) in [5.41, 5.74) is 2.81. The van der Waals surface area contributed by atoms with Gasteiger partial charge in [0.1, 0.15) is 0 Å². The zero-order valence-electron chi connectivity index (χ0n) is 21.1. The molecule has 8 nitrogen and oxygen atoms in total. The minimum Gasteiger partial charge on any atom is -0.349 e. The molecule has 8 heteroatoms. The number of likely N-dealkylation sites (tertiary alicyclic amines) is 1. The predicted molar refractivity (Wildman–Crippen MR) is 141 cm³/mol. The highest BCUT2D eigenvalue weighted by Gasteiger charge is 2.28. The largest absolute Gasteiger partial charge is 0.349 e. The van der Waals surface area contributed by atoms with Gasteiger partial charge in [0.05, 0.1) is 11.0 Å². The fourth-order valence-electron chi connectivity index (χ4n) is 5.39. The molecule has 2 amide bonds. The first kappa shape index (κ1) is 24.5. The number of carbonyl (C=O) groups excluding carboxylic acids is 2. The maximum absolute atomic E-state index is 13.1. The van der Waals surface area contributed by atoms with E-state index in [1.807, 2.05) is 64.1 Å². The molecule has 190 valence electrons. The third kappa shape index (κ3) is 5.60. The number of rotatable bonds is 7. The molecule has 5 rings (SSSR count). The van der Waals surface area contributed by atoms with Crippen LogP contribution in [0.3, 0.4) is 0 Å². The van der Waals surface area contributed by atoms with Crippen LogP contribution < -0.4 is 5.32 Å². The van der Waals surface area contributed by atoms with Crippen molar-refractivity contribution in [3.8, 4) is 0 Å². The summed E-state index contributed by atoms with van der Waals surface area (Å²) in [6, 6.07) is 18.5. The molecule has 0 spiro atoms. The molecule has 0 aliphatic carbocycles. The number of piperazine rings is 1. The lowest BCUT2D eigenvalue weighted by Gasteiger charge is -2.42. The Kier molecular flexibility index (Phi) is 7.63. The Balaban J connectivity index is 1.14. The van der Waals surface area contributed by atoms with Gasteiger partial charge in [-0.1, -0.05) is 42.5 Å². The minimum absolute atomic E-state index is 0.108. The van der Waals surface area contributed by atoms with Gasteiger partial charge in [-0.05, 0) is 50.7 Å². The number of hydrogen-bond acceptors (Lipinski definition) is 5. The van der Waals surface area contributed by atoms with E-state index in [0.717, 1.165) is 55.9 Å². The van der Waals surface area contributed by atoms with Crippen molar-refractivity contribution < 1.29 is 9.59 Å². The van der Waals surface area contributed by atoms with Gasteiger partial charge >= 0.3 is 0 Å². The SMILES string of the molecule is CN1CCC(N2CCN(C(=O)CCNC(=O)c3nc4ccccc4n3Cc3ccccc3)CC2)CC1. The number of benzene rings is 2. The van der Waals surface area contributed by atoms with Gasteiger partial charge in [-0.25, -0.2) is 4.98 Å². The van der Waals surface area contributed by atoms with Crippen LogP contribution in [0.25, 0.3) is 11.0 Å². The molecular formula is C28H36N6O2. The Morgan fingerprint density at radius 1 is 0.917 bits per heavy atom. The molecular weight excluding hydrogens is 452 g/mol. The van der Waals surface area contributed by atoms with Crippen LogP contribution in [0, 0.1) is 0 Å². The molecule has 2 aliphatic heterocycles. The van der Waals surface area contributed by atoms with E-state index in [9.17, 15) is 9.59 Å². The number of nitrogens with one attached hydrogen (secondary N) is 1. The van der Waals surface area contributed by atoms with E-state index in [-0.39, 0.29) is 11.8 Å². The normalized spacial score (nSPS) is 18.0. The summed E-state index contributed by atoms with van der Waals surface area (Å²) in [6.07, 6.45) is 2.73. The second-order valence-corrected chi connectivity index (χ2v) is 9.95. The highest BCUT2D eigenvalue weighted by molar-refractivity contribution is 5.95. The molecule has 36 heavy (non-hydrogen) atoms. The Morgan fingerprint density at radius 3 is 2.36 bits per heavy atom. The molecule has 3 heterocycles. The quantitative estimate of drug-likeness (QED) is 0.553. The standard InChI is InChI=1S/C28H36N6O2/c1-31-15-12-23(13-16-31)32-17-19-33(20-18-32)26(35)11-14-29-28(36)27-30-24-9-5-6-10-25(24)34(27)21-22-7-3-2-4-8-22/h2-10,23H,11-21H2,1H3,(H,29,36). The maximum Gasteiger partial charge on any atom is 0.287 e. The van der Waals surface area contributed by atoms with Crippen LogP contribution >= 0.6 is 0 Å². The van der Waals surface area contributed by atoms with E-state index in [4.69, 9.17) is 0 Å². The first-order valence-electron chi connectivity index (χ1n) is 13.1. The second kappa shape index (κ2) is 11.2. The highest BCUT2D eigenvalue weighted by atomic mass is 16.2. The van der Waals surface area contributed by atoms with Crippen molar-refractivity contribution in [3.63, 3.8) is 0 Å². The Hall–Kier alpha value is -3.23. The van der Waals surface area contributed by atoms with E-state index in [1.165, 1.54) is 12.8 Å². The van der Waals surface area contributed by atoms with E-state index in [2.05, 4.69) is 27.1 Å². The van der Waals surface area contributed by atoms with Crippen molar-refractivity contribution in [3.05, 3.63) is 66.0 Å². The Morgan fingerprint density at radius 2 is 1.61 bits per heavy atom. The Labute approximate surface area is 212 Å². The average molecular weight is 489 g/mol. The van der Waals surface area contributed by atoms with Crippen LogP contribution in [0.2, 0.25) is 0 Å². The zero-order valence-corrected chi connectivity index (χ0v) is 21.1. The van der Waals surface area contributed by atoms with Gasteiger partial charge in [-0.15, -0.1) is 0 Å². The minimum atomic E-state index is -0.248. The van der Waals surface area contributed by atoms with Gasteiger partial charge in [-0.3, -0.25) is 14.5 Å². The first-order chi connectivity index (χ1) is 17.6. The summed E-state index contributed by atoms with van der Waals surface area (Å²) in [4.78, 5) is 37.4. The second-order valence-electron chi connectivity index (χ2n) is 9.95. The molecule has 0 radical (unpaired) electrons. The number of nitrogens with zero attached hydrogens (tertiary/aromatic N) is 5. The van der Waals surface area contributed by atoms with Crippen LogP contribution in [0.1, 0.15) is 35.4 Å². The predicted octanol–water partition coefficient (Wildman–Crippen LogP) is 2.44. The number of piperidine rings is 1. The van der Waals surface area contributed by atoms with Crippen LogP contribution in [0.5, 0.6) is 0 Å². The van der Waals surface area contributed by atoms with Crippen molar-refractivity contribution in [2.45, 2.75) is 31.8 Å². The van der Waals surface area contributed by atoms with E-state index >= 15 is 0 Å². The number of hydrogen-bond donors (Lipinski definition) is 1. The number of amides is 2. The van der Waals surface area contributed by atoms with Gasteiger partial charge in [-0.2, -0.15) is 0 Å². The van der Waals surface area contributed by atoms with Crippen molar-refractivity contribution in [1.29, 1.82) is 0 Å². The molecule has 1 N–H and O–H groups in total. The van der Waals surface area contributed by atoms with E-state index < -0.39 is 0 Å². The number of carbonyl (C=O) groups is 2. The van der Waals surface area contributed by atoms with Crippen molar-refractivity contribution in [2.75, 3.05) is 52.9 Å².